The second-order valence-electron chi connectivity index (χ2n) is 4.49. The third-order valence-electron chi connectivity index (χ3n) is 3.36. The van der Waals surface area contributed by atoms with E-state index in [0.29, 0.717) is 0 Å². The van der Waals surface area contributed by atoms with Crippen LogP contribution in [0.4, 0.5) is 0 Å². The lowest BCUT2D eigenvalue weighted by molar-refractivity contribution is 0.156. The summed E-state index contributed by atoms with van der Waals surface area (Å²) in [7, 11) is 0. The number of hydrogen-bond donors (Lipinski definition) is 1. The molecule has 0 spiro atoms. The van der Waals surface area contributed by atoms with Crippen molar-refractivity contribution in [2.24, 2.45) is 11.8 Å². The van der Waals surface area contributed by atoms with Gasteiger partial charge in [-0.3, -0.25) is 5.84 Å². The molecule has 76 valence electrons. The number of hydrazine groups is 1. The van der Waals surface area contributed by atoms with Gasteiger partial charge in [-0.05, 0) is 44.7 Å². The molecule has 13 heavy (non-hydrogen) atoms. The number of hydrogen-bond acceptors (Lipinski definition) is 3. The predicted octanol–water partition coefficient (Wildman–Crippen LogP) is 0.668. The Morgan fingerprint density at radius 3 is 2.23 bits per heavy atom. The van der Waals surface area contributed by atoms with E-state index in [9.17, 15) is 0 Å². The molecule has 0 bridgehead atoms. The number of nitrogens with zero attached hydrogens (tertiary/aromatic N) is 2. The van der Waals surface area contributed by atoms with Crippen LogP contribution in [-0.2, 0) is 0 Å². The van der Waals surface area contributed by atoms with E-state index in [1.54, 1.807) is 0 Å². The molecular weight excluding hydrogens is 162 g/mol. The normalized spacial score (nSPS) is 28.4. The molecule has 0 aromatic heterocycles. The van der Waals surface area contributed by atoms with E-state index in [4.69, 9.17) is 5.84 Å². The Balaban J connectivity index is 1.69. The number of likely N-dealkylation sites (tertiary alicyclic amines) is 1. The highest BCUT2D eigenvalue weighted by Crippen LogP contribution is 2.18. The minimum atomic E-state index is 0.915. The number of nitrogens with two attached hydrogens (primary N) is 1. The molecule has 2 aliphatic rings. The Labute approximate surface area is 80.8 Å². The average molecular weight is 183 g/mol. The molecule has 0 aromatic carbocycles. The van der Waals surface area contributed by atoms with Crippen LogP contribution in [0.2, 0.25) is 0 Å². The van der Waals surface area contributed by atoms with Gasteiger partial charge in [0.15, 0.2) is 0 Å². The van der Waals surface area contributed by atoms with Crippen molar-refractivity contribution in [2.75, 3.05) is 32.7 Å². The molecular formula is C10H21N3. The first-order chi connectivity index (χ1) is 6.34. The van der Waals surface area contributed by atoms with Crippen LogP contribution < -0.4 is 5.84 Å². The van der Waals surface area contributed by atoms with Gasteiger partial charge >= 0.3 is 0 Å². The Morgan fingerprint density at radius 2 is 1.62 bits per heavy atom. The third kappa shape index (κ3) is 2.66. The lowest BCUT2D eigenvalue weighted by atomic mass is 9.97. The van der Waals surface area contributed by atoms with Gasteiger partial charge in [-0.1, -0.05) is 0 Å². The Morgan fingerprint density at radius 1 is 1.00 bits per heavy atom. The zero-order chi connectivity index (χ0) is 9.10. The van der Waals surface area contributed by atoms with E-state index in [-0.39, 0.29) is 0 Å². The minimum Gasteiger partial charge on any atom is -0.303 e. The molecule has 3 nitrogen and oxygen atoms in total. The van der Waals surface area contributed by atoms with Gasteiger partial charge in [0.25, 0.3) is 0 Å². The van der Waals surface area contributed by atoms with Crippen LogP contribution in [0.25, 0.3) is 0 Å². The van der Waals surface area contributed by atoms with Crippen LogP contribution in [0.15, 0.2) is 0 Å². The Kier molecular flexibility index (Phi) is 3.19. The molecule has 2 aliphatic heterocycles. The van der Waals surface area contributed by atoms with Gasteiger partial charge in [-0.2, -0.15) is 0 Å². The topological polar surface area (TPSA) is 32.5 Å². The average Bonchev–Trinajstić information content (AvgIpc) is 2.62. The maximum Gasteiger partial charge on any atom is 0.0131 e. The summed E-state index contributed by atoms with van der Waals surface area (Å²) in [6.07, 6.45) is 5.42. The van der Waals surface area contributed by atoms with Crippen LogP contribution in [0.5, 0.6) is 0 Å². The van der Waals surface area contributed by atoms with Crippen LogP contribution >= 0.6 is 0 Å². The zero-order valence-corrected chi connectivity index (χ0v) is 8.41. The van der Waals surface area contributed by atoms with Crippen molar-refractivity contribution >= 4 is 0 Å². The maximum absolute atomic E-state index is 5.72. The molecule has 2 fully saturated rings. The van der Waals surface area contributed by atoms with E-state index in [1.165, 1.54) is 45.3 Å². The standard InChI is InChI=1S/C10H21N3/c11-13-7-3-10(4-8-13)9-12-5-1-2-6-12/h10H,1-9,11H2. The van der Waals surface area contributed by atoms with E-state index in [2.05, 4.69) is 4.90 Å². The van der Waals surface area contributed by atoms with Crippen LogP contribution in [0.3, 0.4) is 0 Å². The summed E-state index contributed by atoms with van der Waals surface area (Å²) < 4.78 is 0. The lowest BCUT2D eigenvalue weighted by Gasteiger charge is -2.31. The molecule has 0 atom stereocenters. The van der Waals surface area contributed by atoms with Gasteiger partial charge in [0, 0.05) is 19.6 Å². The highest BCUT2D eigenvalue weighted by Gasteiger charge is 2.21. The fourth-order valence-electron chi connectivity index (χ4n) is 2.47. The first-order valence-corrected chi connectivity index (χ1v) is 5.56. The maximum atomic E-state index is 5.72. The molecule has 2 heterocycles. The summed E-state index contributed by atoms with van der Waals surface area (Å²) in [5.74, 6) is 6.64. The van der Waals surface area contributed by atoms with E-state index < -0.39 is 0 Å². The number of rotatable bonds is 2. The molecule has 0 radical (unpaired) electrons. The lowest BCUT2D eigenvalue weighted by Crippen LogP contribution is -2.41. The van der Waals surface area contributed by atoms with Crippen LogP contribution in [0.1, 0.15) is 25.7 Å². The van der Waals surface area contributed by atoms with Gasteiger partial charge in [0.2, 0.25) is 0 Å². The van der Waals surface area contributed by atoms with Gasteiger partial charge in [0.05, 0.1) is 0 Å². The van der Waals surface area contributed by atoms with E-state index in [1.807, 2.05) is 5.01 Å². The van der Waals surface area contributed by atoms with Crippen molar-refractivity contribution in [3.8, 4) is 0 Å². The van der Waals surface area contributed by atoms with Crippen molar-refractivity contribution in [3.05, 3.63) is 0 Å². The molecule has 2 saturated heterocycles. The van der Waals surface area contributed by atoms with Crippen molar-refractivity contribution in [2.45, 2.75) is 25.7 Å². The van der Waals surface area contributed by atoms with Gasteiger partial charge in [-0.25, -0.2) is 5.01 Å². The van der Waals surface area contributed by atoms with Gasteiger partial charge in [0.1, 0.15) is 0 Å². The van der Waals surface area contributed by atoms with Crippen LogP contribution in [0, 0.1) is 5.92 Å². The molecule has 2 N–H and O–H groups in total. The van der Waals surface area contributed by atoms with E-state index >= 15 is 0 Å². The second-order valence-corrected chi connectivity index (χ2v) is 4.49. The smallest absolute Gasteiger partial charge is 0.0131 e. The monoisotopic (exact) mass is 183 g/mol. The van der Waals surface area contributed by atoms with Gasteiger partial charge in [-0.15, -0.1) is 0 Å². The largest absolute Gasteiger partial charge is 0.303 e. The van der Waals surface area contributed by atoms with Gasteiger partial charge < -0.3 is 4.90 Å². The minimum absolute atomic E-state index is 0.915. The van der Waals surface area contributed by atoms with E-state index in [0.717, 1.165) is 19.0 Å². The third-order valence-corrected chi connectivity index (χ3v) is 3.36. The summed E-state index contributed by atoms with van der Waals surface area (Å²) in [4.78, 5) is 2.62. The summed E-state index contributed by atoms with van der Waals surface area (Å²) >= 11 is 0. The summed E-state index contributed by atoms with van der Waals surface area (Å²) in [6, 6.07) is 0. The SMILES string of the molecule is NN1CCC(CN2CCCC2)CC1. The highest BCUT2D eigenvalue weighted by atomic mass is 15.4. The highest BCUT2D eigenvalue weighted by molar-refractivity contribution is 4.75. The quantitative estimate of drug-likeness (QED) is 0.639. The Hall–Kier alpha value is -0.120. The number of piperidine rings is 1. The molecule has 3 heteroatoms. The predicted molar refractivity (Wildman–Crippen MR) is 54.2 cm³/mol. The van der Waals surface area contributed by atoms with Crippen molar-refractivity contribution in [1.82, 2.24) is 9.91 Å². The summed E-state index contributed by atoms with van der Waals surface area (Å²) in [6.45, 7) is 6.19. The molecule has 0 unspecified atom stereocenters. The zero-order valence-electron chi connectivity index (χ0n) is 8.41. The second kappa shape index (κ2) is 4.40. The molecule has 0 amide bonds. The van der Waals surface area contributed by atoms with Crippen molar-refractivity contribution in [3.63, 3.8) is 0 Å². The summed E-state index contributed by atoms with van der Waals surface area (Å²) in [5, 5.41) is 1.96. The first kappa shape index (κ1) is 9.44. The molecule has 0 saturated carbocycles. The fourth-order valence-corrected chi connectivity index (χ4v) is 2.47. The van der Waals surface area contributed by atoms with Crippen molar-refractivity contribution < 1.29 is 0 Å². The summed E-state index contributed by atoms with van der Waals surface area (Å²) in [5.41, 5.74) is 0. The molecule has 0 aliphatic carbocycles. The molecule has 0 aromatic rings. The first-order valence-electron chi connectivity index (χ1n) is 5.56. The fraction of sp³-hybridized carbons (Fsp3) is 1.00. The van der Waals surface area contributed by atoms with Crippen LogP contribution in [-0.4, -0.2) is 42.6 Å². The molecule has 2 rings (SSSR count). The van der Waals surface area contributed by atoms with Crippen molar-refractivity contribution in [1.29, 1.82) is 0 Å². The Bertz CT molecular complexity index is 146.